The van der Waals surface area contributed by atoms with E-state index in [-0.39, 0.29) is 5.54 Å². The maximum atomic E-state index is 9.44. The van der Waals surface area contributed by atoms with Gasteiger partial charge in [0.05, 0.1) is 21.8 Å². The number of anilines is 1. The van der Waals surface area contributed by atoms with Gasteiger partial charge in [0, 0.05) is 19.6 Å². The third kappa shape index (κ3) is 2.28. The first kappa shape index (κ1) is 13.7. The fourth-order valence-corrected chi connectivity index (χ4v) is 3.94. The molecule has 1 aliphatic heterocycles. The number of nitrogens with zero attached hydrogens (tertiary/aromatic N) is 2. The number of hydrogen-bond acceptors (Lipinski definition) is 3. The lowest BCUT2D eigenvalue weighted by Gasteiger charge is -2.51. The predicted molar refractivity (Wildman–Crippen MR) is 82.2 cm³/mol. The van der Waals surface area contributed by atoms with Gasteiger partial charge >= 0.3 is 0 Å². The Kier molecular flexibility index (Phi) is 3.87. The number of benzene rings is 1. The van der Waals surface area contributed by atoms with Crippen molar-refractivity contribution in [2.45, 2.75) is 37.6 Å². The standard InChI is InChI=1S/C16H20ClN3/c17-14-5-4-6-15(13(14)11-18)20-10-9-19-12-16(20)7-2-1-3-8-16/h4-6,19H,1-3,7-10,12H2. The molecule has 3 rings (SSSR count). The molecule has 0 unspecified atom stereocenters. The van der Waals surface area contributed by atoms with Gasteiger partial charge in [-0.25, -0.2) is 0 Å². The average Bonchev–Trinajstić information content (AvgIpc) is 2.48. The number of piperazine rings is 1. The molecule has 0 atom stereocenters. The van der Waals surface area contributed by atoms with Crippen molar-refractivity contribution in [3.63, 3.8) is 0 Å². The van der Waals surface area contributed by atoms with Crippen LogP contribution in [0.25, 0.3) is 0 Å². The fraction of sp³-hybridized carbons (Fsp3) is 0.562. The summed E-state index contributed by atoms with van der Waals surface area (Å²) in [6.07, 6.45) is 6.30. The van der Waals surface area contributed by atoms with Crippen molar-refractivity contribution in [3.8, 4) is 6.07 Å². The molecule has 3 nitrogen and oxygen atoms in total. The maximum Gasteiger partial charge on any atom is 0.103 e. The van der Waals surface area contributed by atoms with E-state index >= 15 is 0 Å². The van der Waals surface area contributed by atoms with Crippen LogP contribution in [0.4, 0.5) is 5.69 Å². The van der Waals surface area contributed by atoms with Crippen LogP contribution >= 0.6 is 11.6 Å². The Morgan fingerprint density at radius 2 is 2.05 bits per heavy atom. The minimum Gasteiger partial charge on any atom is -0.362 e. The quantitative estimate of drug-likeness (QED) is 0.862. The van der Waals surface area contributed by atoms with Crippen LogP contribution in [0.5, 0.6) is 0 Å². The van der Waals surface area contributed by atoms with Crippen LogP contribution in [0.2, 0.25) is 5.02 Å². The van der Waals surface area contributed by atoms with Crippen molar-refractivity contribution >= 4 is 17.3 Å². The highest BCUT2D eigenvalue weighted by Crippen LogP contribution is 2.39. The molecule has 4 heteroatoms. The normalized spacial score (nSPS) is 21.7. The predicted octanol–water partition coefficient (Wildman–Crippen LogP) is 3.32. The first-order valence-electron chi connectivity index (χ1n) is 7.44. The molecule has 1 aromatic carbocycles. The summed E-state index contributed by atoms with van der Waals surface area (Å²) in [5.41, 5.74) is 1.82. The van der Waals surface area contributed by atoms with Gasteiger partial charge in [0.1, 0.15) is 6.07 Å². The first-order chi connectivity index (χ1) is 9.77. The molecule has 0 bridgehead atoms. The number of hydrogen-bond donors (Lipinski definition) is 1. The van der Waals surface area contributed by atoms with Crippen LogP contribution in [0.1, 0.15) is 37.7 Å². The second kappa shape index (κ2) is 5.63. The first-order valence-corrected chi connectivity index (χ1v) is 7.82. The van der Waals surface area contributed by atoms with Crippen molar-refractivity contribution in [1.29, 1.82) is 5.26 Å². The molecule has 2 fully saturated rings. The molecule has 20 heavy (non-hydrogen) atoms. The van der Waals surface area contributed by atoms with Crippen molar-refractivity contribution in [3.05, 3.63) is 28.8 Å². The SMILES string of the molecule is N#Cc1c(Cl)cccc1N1CCNCC12CCCCC2. The highest BCUT2D eigenvalue weighted by atomic mass is 35.5. The van der Waals surface area contributed by atoms with E-state index in [1.807, 2.05) is 12.1 Å². The average molecular weight is 290 g/mol. The second-order valence-corrected chi connectivity index (χ2v) is 6.27. The van der Waals surface area contributed by atoms with Gasteiger partial charge in [-0.1, -0.05) is 36.9 Å². The lowest BCUT2D eigenvalue weighted by molar-refractivity contribution is 0.241. The van der Waals surface area contributed by atoms with Crippen molar-refractivity contribution < 1.29 is 0 Å². The Balaban J connectivity index is 2.02. The summed E-state index contributed by atoms with van der Waals surface area (Å²) in [5, 5.41) is 13.5. The zero-order valence-electron chi connectivity index (χ0n) is 11.7. The van der Waals surface area contributed by atoms with Gasteiger partial charge in [-0.05, 0) is 25.0 Å². The van der Waals surface area contributed by atoms with E-state index < -0.39 is 0 Å². The molecule has 2 aliphatic rings. The van der Waals surface area contributed by atoms with Gasteiger partial charge in [0.15, 0.2) is 0 Å². The molecule has 1 aromatic rings. The maximum absolute atomic E-state index is 9.44. The molecule has 0 amide bonds. The molecule has 1 N–H and O–H groups in total. The summed E-state index contributed by atoms with van der Waals surface area (Å²) >= 11 is 6.21. The van der Waals surface area contributed by atoms with Crippen molar-refractivity contribution in [1.82, 2.24) is 5.32 Å². The van der Waals surface area contributed by atoms with Gasteiger partial charge in [0.2, 0.25) is 0 Å². The van der Waals surface area contributed by atoms with Crippen molar-refractivity contribution in [2.75, 3.05) is 24.5 Å². The van der Waals surface area contributed by atoms with Crippen LogP contribution in [-0.4, -0.2) is 25.2 Å². The minimum absolute atomic E-state index is 0.173. The number of nitriles is 1. The summed E-state index contributed by atoms with van der Waals surface area (Å²) in [5.74, 6) is 0. The van der Waals surface area contributed by atoms with Gasteiger partial charge in [-0.2, -0.15) is 5.26 Å². The Morgan fingerprint density at radius 3 is 2.80 bits per heavy atom. The molecule has 0 aromatic heterocycles. The molecule has 1 aliphatic carbocycles. The Morgan fingerprint density at radius 1 is 1.25 bits per heavy atom. The van der Waals surface area contributed by atoms with Crippen LogP contribution in [-0.2, 0) is 0 Å². The molecule has 1 heterocycles. The van der Waals surface area contributed by atoms with Gasteiger partial charge < -0.3 is 10.2 Å². The topological polar surface area (TPSA) is 39.1 Å². The monoisotopic (exact) mass is 289 g/mol. The van der Waals surface area contributed by atoms with E-state index in [0.29, 0.717) is 10.6 Å². The van der Waals surface area contributed by atoms with E-state index in [0.717, 1.165) is 25.3 Å². The van der Waals surface area contributed by atoms with Crippen LogP contribution in [0.15, 0.2) is 18.2 Å². The van der Waals surface area contributed by atoms with Crippen LogP contribution < -0.4 is 10.2 Å². The highest BCUT2D eigenvalue weighted by Gasteiger charge is 2.40. The van der Waals surface area contributed by atoms with Gasteiger partial charge in [-0.3, -0.25) is 0 Å². The second-order valence-electron chi connectivity index (χ2n) is 5.86. The Hall–Kier alpha value is -1.24. The number of nitrogens with one attached hydrogen (secondary N) is 1. The van der Waals surface area contributed by atoms with E-state index in [2.05, 4.69) is 16.3 Å². The van der Waals surface area contributed by atoms with E-state index in [4.69, 9.17) is 11.6 Å². The Bertz CT molecular complexity index is 521. The molecular weight excluding hydrogens is 270 g/mol. The van der Waals surface area contributed by atoms with Gasteiger partial charge in [-0.15, -0.1) is 0 Å². The molecule has 106 valence electrons. The summed E-state index contributed by atoms with van der Waals surface area (Å²) < 4.78 is 0. The largest absolute Gasteiger partial charge is 0.362 e. The van der Waals surface area contributed by atoms with Crippen LogP contribution in [0.3, 0.4) is 0 Å². The molecule has 0 radical (unpaired) electrons. The lowest BCUT2D eigenvalue weighted by Crippen LogP contribution is -2.62. The van der Waals surface area contributed by atoms with Crippen molar-refractivity contribution in [2.24, 2.45) is 0 Å². The summed E-state index contributed by atoms with van der Waals surface area (Å²) in [4.78, 5) is 2.45. The van der Waals surface area contributed by atoms with Gasteiger partial charge in [0.25, 0.3) is 0 Å². The summed E-state index contributed by atoms with van der Waals surface area (Å²) in [6, 6.07) is 8.10. The zero-order valence-corrected chi connectivity index (χ0v) is 12.4. The lowest BCUT2D eigenvalue weighted by atomic mass is 9.78. The third-order valence-corrected chi connectivity index (χ3v) is 5.03. The number of rotatable bonds is 1. The molecule has 1 spiro atoms. The minimum atomic E-state index is 0.173. The number of halogens is 1. The summed E-state index contributed by atoms with van der Waals surface area (Å²) in [6.45, 7) is 2.94. The van der Waals surface area contributed by atoms with E-state index in [9.17, 15) is 5.26 Å². The van der Waals surface area contributed by atoms with Crippen LogP contribution in [0, 0.1) is 11.3 Å². The summed E-state index contributed by atoms with van der Waals surface area (Å²) in [7, 11) is 0. The van der Waals surface area contributed by atoms with E-state index in [1.165, 1.54) is 32.1 Å². The van der Waals surface area contributed by atoms with E-state index in [1.54, 1.807) is 6.07 Å². The smallest absolute Gasteiger partial charge is 0.103 e. The zero-order chi connectivity index (χ0) is 14.0. The molecular formula is C16H20ClN3. The Labute approximate surface area is 125 Å². The fourth-order valence-electron chi connectivity index (χ4n) is 3.73. The highest BCUT2D eigenvalue weighted by molar-refractivity contribution is 6.32. The molecule has 1 saturated heterocycles. The molecule has 1 saturated carbocycles. The third-order valence-electron chi connectivity index (χ3n) is 4.72.